The molecule has 0 radical (unpaired) electrons. The van der Waals surface area contributed by atoms with Gasteiger partial charge in [0.05, 0.1) is 11.2 Å². The van der Waals surface area contributed by atoms with Gasteiger partial charge in [0.25, 0.3) is 5.56 Å². The third-order valence-corrected chi connectivity index (χ3v) is 6.35. The van der Waals surface area contributed by atoms with Gasteiger partial charge in [-0.3, -0.25) is 14.3 Å². The molecule has 1 aliphatic heterocycles. The first-order chi connectivity index (χ1) is 15.5. The summed E-state index contributed by atoms with van der Waals surface area (Å²) in [5.41, 5.74) is 6.68. The quantitative estimate of drug-likeness (QED) is 0.449. The maximum Gasteiger partial charge on any atom is 0.258 e. The third-order valence-electron chi connectivity index (χ3n) is 6.35. The van der Waals surface area contributed by atoms with Crippen LogP contribution in [0.5, 0.6) is 5.75 Å². The highest BCUT2D eigenvalue weighted by atomic mass is 35.5. The van der Waals surface area contributed by atoms with Crippen LogP contribution in [0, 0.1) is 6.92 Å². The van der Waals surface area contributed by atoms with Crippen LogP contribution in [0.1, 0.15) is 28.9 Å². The average molecular weight is 465 g/mol. The standard InChI is InChI=1S/C26H28N4O2.ClH/c1-18-6-7-19(15-27-18)17-32-21-10-12-30(26(31)14-21)20-8-9-22-23-16-28(2)11-4-5-24(23)29(3)25(22)13-20;/h6-10,12-15H,4-5,11,16-17H2,1-3H3;1H. The number of rotatable bonds is 4. The van der Waals surface area contributed by atoms with Crippen LogP contribution in [-0.2, 0) is 26.6 Å². The Morgan fingerprint density at radius 1 is 1.09 bits per heavy atom. The van der Waals surface area contributed by atoms with Crippen molar-refractivity contribution in [3.05, 3.63) is 87.7 Å². The second-order valence-corrected chi connectivity index (χ2v) is 8.69. The predicted molar refractivity (Wildman–Crippen MR) is 134 cm³/mol. The summed E-state index contributed by atoms with van der Waals surface area (Å²) >= 11 is 0. The number of hydrogen-bond acceptors (Lipinski definition) is 4. The van der Waals surface area contributed by atoms with Crippen molar-refractivity contribution in [3.63, 3.8) is 0 Å². The van der Waals surface area contributed by atoms with E-state index in [1.165, 1.54) is 28.6 Å². The van der Waals surface area contributed by atoms with Crippen LogP contribution in [0.25, 0.3) is 16.6 Å². The van der Waals surface area contributed by atoms with E-state index in [9.17, 15) is 4.79 Å². The molecule has 0 bridgehead atoms. The second-order valence-electron chi connectivity index (χ2n) is 8.69. The Balaban J connectivity index is 0.00000259. The molecule has 0 atom stereocenters. The number of fused-ring (bicyclic) bond motifs is 3. The Bertz CT molecular complexity index is 1340. The minimum atomic E-state index is -0.112. The van der Waals surface area contributed by atoms with Crippen molar-refractivity contribution >= 4 is 23.3 Å². The zero-order valence-electron chi connectivity index (χ0n) is 19.2. The lowest BCUT2D eigenvalue weighted by Gasteiger charge is -2.13. The van der Waals surface area contributed by atoms with Gasteiger partial charge < -0.3 is 14.2 Å². The van der Waals surface area contributed by atoms with Crippen LogP contribution in [0.15, 0.2) is 59.7 Å². The van der Waals surface area contributed by atoms with E-state index in [-0.39, 0.29) is 18.0 Å². The molecular weight excluding hydrogens is 436 g/mol. The summed E-state index contributed by atoms with van der Waals surface area (Å²) in [6.45, 7) is 4.42. The topological polar surface area (TPSA) is 52.3 Å². The first-order valence-electron chi connectivity index (χ1n) is 11.1. The van der Waals surface area contributed by atoms with E-state index in [2.05, 4.69) is 40.7 Å². The number of halogens is 1. The van der Waals surface area contributed by atoms with Crippen LogP contribution in [0.2, 0.25) is 0 Å². The molecule has 1 aliphatic rings. The van der Waals surface area contributed by atoms with Gasteiger partial charge in [-0.05, 0) is 63.2 Å². The van der Waals surface area contributed by atoms with E-state index in [0.29, 0.717) is 12.4 Å². The Kier molecular flexibility index (Phi) is 6.58. The zero-order valence-corrected chi connectivity index (χ0v) is 20.1. The molecule has 0 amide bonds. The van der Waals surface area contributed by atoms with E-state index in [4.69, 9.17) is 4.74 Å². The van der Waals surface area contributed by atoms with Crippen LogP contribution in [0.4, 0.5) is 0 Å². The predicted octanol–water partition coefficient (Wildman–Crippen LogP) is 4.41. The summed E-state index contributed by atoms with van der Waals surface area (Å²) in [6.07, 6.45) is 5.83. The molecular formula is C26H29ClN4O2. The monoisotopic (exact) mass is 464 g/mol. The van der Waals surface area contributed by atoms with Crippen molar-refractivity contribution in [1.29, 1.82) is 0 Å². The van der Waals surface area contributed by atoms with E-state index in [1.807, 2.05) is 31.2 Å². The van der Waals surface area contributed by atoms with Crippen LogP contribution in [-0.4, -0.2) is 32.6 Å². The molecule has 5 rings (SSSR count). The summed E-state index contributed by atoms with van der Waals surface area (Å²) in [4.78, 5) is 19.5. The molecule has 4 heterocycles. The first kappa shape index (κ1) is 23.1. The van der Waals surface area contributed by atoms with Gasteiger partial charge >= 0.3 is 0 Å². The molecule has 0 saturated heterocycles. The van der Waals surface area contributed by atoms with Crippen molar-refractivity contribution in [2.75, 3.05) is 13.6 Å². The van der Waals surface area contributed by atoms with Gasteiger partial charge in [0.1, 0.15) is 12.4 Å². The van der Waals surface area contributed by atoms with E-state index < -0.39 is 0 Å². The SMILES string of the molecule is Cc1ccc(COc2ccn(-c3ccc4c5c(n(C)c4c3)CCCN(C)C5)c(=O)c2)cn1.Cl. The fraction of sp³-hybridized carbons (Fsp3) is 0.308. The van der Waals surface area contributed by atoms with Gasteiger partial charge in [-0.15, -0.1) is 12.4 Å². The summed E-state index contributed by atoms with van der Waals surface area (Å²) in [5, 5.41) is 1.28. The smallest absolute Gasteiger partial charge is 0.258 e. The highest BCUT2D eigenvalue weighted by molar-refractivity contribution is 5.87. The highest BCUT2D eigenvalue weighted by Gasteiger charge is 2.19. The largest absolute Gasteiger partial charge is 0.489 e. The highest BCUT2D eigenvalue weighted by Crippen LogP contribution is 2.30. The number of nitrogens with zero attached hydrogens (tertiary/aromatic N) is 4. The van der Waals surface area contributed by atoms with Crippen molar-refractivity contribution < 1.29 is 4.74 Å². The second kappa shape index (κ2) is 9.41. The molecule has 172 valence electrons. The lowest BCUT2D eigenvalue weighted by atomic mass is 10.1. The Hall–Kier alpha value is -3.09. The number of aryl methyl sites for hydroxylation is 2. The molecule has 3 aromatic heterocycles. The molecule has 0 fully saturated rings. The molecule has 0 unspecified atom stereocenters. The molecule has 7 heteroatoms. The molecule has 0 saturated carbocycles. The van der Waals surface area contributed by atoms with Gasteiger partial charge in [0.15, 0.2) is 0 Å². The van der Waals surface area contributed by atoms with Gasteiger partial charge in [-0.25, -0.2) is 0 Å². The van der Waals surface area contributed by atoms with Crippen molar-refractivity contribution in [1.82, 2.24) is 19.0 Å². The van der Waals surface area contributed by atoms with Crippen LogP contribution < -0.4 is 10.3 Å². The molecule has 0 aliphatic carbocycles. The van der Waals surface area contributed by atoms with Gasteiger partial charge in [0.2, 0.25) is 0 Å². The number of pyridine rings is 2. The summed E-state index contributed by atoms with van der Waals surface area (Å²) in [5.74, 6) is 0.557. The van der Waals surface area contributed by atoms with Crippen LogP contribution in [0.3, 0.4) is 0 Å². The summed E-state index contributed by atoms with van der Waals surface area (Å²) < 4.78 is 9.78. The number of benzene rings is 1. The number of ether oxygens (including phenoxy) is 1. The number of hydrogen-bond donors (Lipinski definition) is 0. The van der Waals surface area contributed by atoms with Crippen molar-refractivity contribution in [3.8, 4) is 11.4 Å². The summed E-state index contributed by atoms with van der Waals surface area (Å²) in [7, 11) is 4.32. The lowest BCUT2D eigenvalue weighted by molar-refractivity contribution is 0.304. The van der Waals surface area contributed by atoms with Gasteiger partial charge in [-0.1, -0.05) is 12.1 Å². The van der Waals surface area contributed by atoms with Crippen molar-refractivity contribution in [2.45, 2.75) is 32.9 Å². The lowest BCUT2D eigenvalue weighted by Crippen LogP contribution is -2.17. The average Bonchev–Trinajstić information content (AvgIpc) is 2.92. The van der Waals surface area contributed by atoms with E-state index >= 15 is 0 Å². The van der Waals surface area contributed by atoms with E-state index in [0.717, 1.165) is 36.5 Å². The fourth-order valence-corrected chi connectivity index (χ4v) is 4.58. The zero-order chi connectivity index (χ0) is 22.2. The van der Waals surface area contributed by atoms with Crippen LogP contribution >= 0.6 is 12.4 Å². The van der Waals surface area contributed by atoms with Gasteiger partial charge in [-0.2, -0.15) is 0 Å². The molecule has 6 nitrogen and oxygen atoms in total. The molecule has 33 heavy (non-hydrogen) atoms. The molecule has 4 aromatic rings. The molecule has 1 aromatic carbocycles. The fourth-order valence-electron chi connectivity index (χ4n) is 4.58. The Labute approximate surface area is 199 Å². The minimum Gasteiger partial charge on any atom is -0.489 e. The van der Waals surface area contributed by atoms with Gasteiger partial charge in [0, 0.05) is 54.4 Å². The Morgan fingerprint density at radius 3 is 2.70 bits per heavy atom. The summed E-state index contributed by atoms with van der Waals surface area (Å²) in [6, 6.07) is 13.6. The molecule has 0 spiro atoms. The minimum absolute atomic E-state index is 0. The third kappa shape index (κ3) is 4.54. The number of aromatic nitrogens is 3. The van der Waals surface area contributed by atoms with E-state index in [1.54, 1.807) is 23.0 Å². The molecule has 0 N–H and O–H groups in total. The maximum atomic E-state index is 12.9. The van der Waals surface area contributed by atoms with Crippen molar-refractivity contribution in [2.24, 2.45) is 7.05 Å². The Morgan fingerprint density at radius 2 is 1.94 bits per heavy atom. The first-order valence-corrected chi connectivity index (χ1v) is 11.1. The maximum absolute atomic E-state index is 12.9. The normalized spacial score (nSPS) is 13.9.